The van der Waals surface area contributed by atoms with Crippen molar-refractivity contribution >= 4 is 23.2 Å². The molecule has 0 atom stereocenters. The molecule has 7 nitrogen and oxygen atoms in total. The van der Waals surface area contributed by atoms with Gasteiger partial charge in [0.05, 0.1) is 14.2 Å². The van der Waals surface area contributed by atoms with Crippen molar-refractivity contribution in [3.8, 4) is 11.5 Å². The van der Waals surface area contributed by atoms with Crippen molar-refractivity contribution in [1.82, 2.24) is 9.97 Å². The molecule has 0 bridgehead atoms. The quantitative estimate of drug-likeness (QED) is 0.691. The van der Waals surface area contributed by atoms with Crippen LogP contribution in [0.1, 0.15) is 10.5 Å². The van der Waals surface area contributed by atoms with Crippen LogP contribution >= 0.6 is 0 Å². The van der Waals surface area contributed by atoms with Gasteiger partial charge < -0.3 is 20.1 Å². The van der Waals surface area contributed by atoms with Crippen molar-refractivity contribution in [3.05, 3.63) is 66.2 Å². The van der Waals surface area contributed by atoms with Crippen LogP contribution in [0.5, 0.6) is 11.5 Å². The lowest BCUT2D eigenvalue weighted by molar-refractivity contribution is 0.102. The summed E-state index contributed by atoms with van der Waals surface area (Å²) in [5.41, 5.74) is 1.14. The highest BCUT2D eigenvalue weighted by atomic mass is 19.1. The molecule has 0 radical (unpaired) electrons. The average molecular weight is 368 g/mol. The minimum atomic E-state index is -0.474. The molecule has 0 aliphatic heterocycles. The molecule has 0 aliphatic carbocycles. The van der Waals surface area contributed by atoms with E-state index < -0.39 is 11.7 Å². The van der Waals surface area contributed by atoms with Crippen LogP contribution in [0.25, 0.3) is 0 Å². The van der Waals surface area contributed by atoms with Crippen LogP contribution in [0.4, 0.5) is 21.7 Å². The number of amides is 1. The average Bonchev–Trinajstić information content (AvgIpc) is 2.68. The molecule has 0 fully saturated rings. The molecule has 8 heteroatoms. The predicted octanol–water partition coefficient (Wildman–Crippen LogP) is 3.63. The molecule has 1 amide bonds. The first-order valence-corrected chi connectivity index (χ1v) is 7.98. The van der Waals surface area contributed by atoms with Crippen LogP contribution in [0.2, 0.25) is 0 Å². The van der Waals surface area contributed by atoms with Gasteiger partial charge in [0.1, 0.15) is 11.5 Å². The van der Waals surface area contributed by atoms with E-state index >= 15 is 0 Å². The maximum atomic E-state index is 13.2. The number of benzene rings is 2. The van der Waals surface area contributed by atoms with Gasteiger partial charge >= 0.3 is 0 Å². The lowest BCUT2D eigenvalue weighted by Crippen LogP contribution is -2.14. The molecule has 0 saturated carbocycles. The molecule has 2 aromatic carbocycles. The van der Waals surface area contributed by atoms with Gasteiger partial charge in [0.25, 0.3) is 5.91 Å². The van der Waals surface area contributed by atoms with Crippen molar-refractivity contribution in [2.75, 3.05) is 24.9 Å². The fraction of sp³-hybridized carbons (Fsp3) is 0.105. The molecule has 1 aromatic heterocycles. The highest BCUT2D eigenvalue weighted by Gasteiger charge is 2.11. The summed E-state index contributed by atoms with van der Waals surface area (Å²) in [4.78, 5) is 20.6. The van der Waals surface area contributed by atoms with E-state index in [9.17, 15) is 9.18 Å². The van der Waals surface area contributed by atoms with E-state index in [2.05, 4.69) is 20.6 Å². The second kappa shape index (κ2) is 8.13. The highest BCUT2D eigenvalue weighted by Crippen LogP contribution is 2.30. The van der Waals surface area contributed by atoms with Crippen LogP contribution in [0.3, 0.4) is 0 Å². The minimum absolute atomic E-state index is 0.136. The molecule has 2 N–H and O–H groups in total. The summed E-state index contributed by atoms with van der Waals surface area (Å²) >= 11 is 0. The summed E-state index contributed by atoms with van der Waals surface area (Å²) in [6.07, 6.45) is 1.45. The van der Waals surface area contributed by atoms with E-state index in [4.69, 9.17) is 9.47 Å². The van der Waals surface area contributed by atoms with Crippen LogP contribution in [0.15, 0.2) is 54.7 Å². The van der Waals surface area contributed by atoms with Crippen molar-refractivity contribution in [3.63, 3.8) is 0 Å². The molecule has 0 aliphatic rings. The molecule has 27 heavy (non-hydrogen) atoms. The summed E-state index contributed by atoms with van der Waals surface area (Å²) in [5, 5.41) is 5.59. The number of nitrogens with zero attached hydrogens (tertiary/aromatic N) is 2. The summed E-state index contributed by atoms with van der Waals surface area (Å²) in [6, 6.07) is 12.3. The number of nitrogens with one attached hydrogen (secondary N) is 2. The van der Waals surface area contributed by atoms with Crippen LogP contribution in [-0.4, -0.2) is 30.1 Å². The molecule has 0 unspecified atom stereocenters. The van der Waals surface area contributed by atoms with Gasteiger partial charge in [-0.05, 0) is 36.4 Å². The monoisotopic (exact) mass is 368 g/mol. The molecule has 138 valence electrons. The van der Waals surface area contributed by atoms with Gasteiger partial charge in [-0.2, -0.15) is 0 Å². The number of ether oxygens (including phenoxy) is 2. The zero-order chi connectivity index (χ0) is 19.2. The number of hydrogen-bond acceptors (Lipinski definition) is 6. The third-order valence-electron chi connectivity index (χ3n) is 3.61. The van der Waals surface area contributed by atoms with Crippen molar-refractivity contribution in [2.45, 2.75) is 0 Å². The Morgan fingerprint density at radius 3 is 2.56 bits per heavy atom. The Hall–Kier alpha value is -3.68. The van der Waals surface area contributed by atoms with Crippen LogP contribution in [-0.2, 0) is 0 Å². The maximum Gasteiger partial charge on any atom is 0.274 e. The number of methoxy groups -OCH3 is 2. The topological polar surface area (TPSA) is 85.4 Å². The van der Waals surface area contributed by atoms with Gasteiger partial charge in [0.2, 0.25) is 5.95 Å². The lowest BCUT2D eigenvalue weighted by atomic mass is 10.2. The largest absolute Gasteiger partial charge is 0.493 e. The Bertz CT molecular complexity index is 965. The van der Waals surface area contributed by atoms with Crippen molar-refractivity contribution < 1.29 is 18.7 Å². The lowest BCUT2D eigenvalue weighted by Gasteiger charge is -2.11. The number of hydrogen-bond donors (Lipinski definition) is 2. The Morgan fingerprint density at radius 2 is 1.81 bits per heavy atom. The number of aromatic nitrogens is 2. The zero-order valence-electron chi connectivity index (χ0n) is 14.7. The van der Waals surface area contributed by atoms with Crippen molar-refractivity contribution in [1.29, 1.82) is 0 Å². The standard InChI is InChI=1S/C19H17FN4O3/c1-26-16-7-6-14(11-17(16)27-2)23-19-21-9-8-15(24-19)18(25)22-13-5-3-4-12(20)10-13/h3-11H,1-2H3,(H,22,25)(H,21,23,24). The smallest absolute Gasteiger partial charge is 0.274 e. The minimum Gasteiger partial charge on any atom is -0.493 e. The van der Waals surface area contributed by atoms with Crippen LogP contribution in [0, 0.1) is 5.82 Å². The highest BCUT2D eigenvalue weighted by molar-refractivity contribution is 6.03. The van der Waals surface area contributed by atoms with Gasteiger partial charge in [-0.15, -0.1) is 0 Å². The molecule has 1 heterocycles. The van der Waals surface area contributed by atoms with E-state index in [1.807, 2.05) is 0 Å². The van der Waals surface area contributed by atoms with Gasteiger partial charge in [-0.3, -0.25) is 4.79 Å². The summed E-state index contributed by atoms with van der Waals surface area (Å²) in [7, 11) is 3.09. The van der Waals surface area contributed by atoms with Crippen LogP contribution < -0.4 is 20.1 Å². The number of carbonyl (C=O) groups is 1. The van der Waals surface area contributed by atoms with Crippen molar-refractivity contribution in [2.24, 2.45) is 0 Å². The number of halogens is 1. The summed E-state index contributed by atoms with van der Waals surface area (Å²) < 4.78 is 23.7. The SMILES string of the molecule is COc1ccc(Nc2nccc(C(=O)Nc3cccc(F)c3)n2)cc1OC. The first-order chi connectivity index (χ1) is 13.1. The van der Waals surface area contributed by atoms with Gasteiger partial charge in [-0.25, -0.2) is 14.4 Å². The van der Waals surface area contributed by atoms with Gasteiger partial charge in [0, 0.05) is 23.6 Å². The molecular weight excluding hydrogens is 351 g/mol. The second-order valence-corrected chi connectivity index (χ2v) is 5.42. The van der Waals surface area contributed by atoms with E-state index in [0.29, 0.717) is 22.9 Å². The molecule has 0 spiro atoms. The molecular formula is C19H17FN4O3. The predicted molar refractivity (Wildman–Crippen MR) is 99.2 cm³/mol. The molecule has 3 rings (SSSR count). The first-order valence-electron chi connectivity index (χ1n) is 7.98. The second-order valence-electron chi connectivity index (χ2n) is 5.42. The summed E-state index contributed by atoms with van der Waals surface area (Å²) in [6.45, 7) is 0. The van der Waals surface area contributed by atoms with E-state index in [1.165, 1.54) is 37.6 Å². The Morgan fingerprint density at radius 1 is 1.00 bits per heavy atom. The number of carbonyl (C=O) groups excluding carboxylic acids is 1. The molecule has 0 saturated heterocycles. The fourth-order valence-corrected chi connectivity index (χ4v) is 2.35. The Labute approximate surface area is 155 Å². The van der Waals surface area contributed by atoms with Gasteiger partial charge in [-0.1, -0.05) is 6.07 Å². The molecule has 3 aromatic rings. The number of anilines is 3. The number of rotatable bonds is 6. The van der Waals surface area contributed by atoms with E-state index in [1.54, 1.807) is 31.4 Å². The third-order valence-corrected chi connectivity index (χ3v) is 3.61. The van der Waals surface area contributed by atoms with E-state index in [0.717, 1.165) is 0 Å². The first kappa shape index (κ1) is 18.1. The summed E-state index contributed by atoms with van der Waals surface area (Å²) in [5.74, 6) is 0.452. The van der Waals surface area contributed by atoms with Gasteiger partial charge in [0.15, 0.2) is 11.5 Å². The zero-order valence-corrected chi connectivity index (χ0v) is 14.7. The Kier molecular flexibility index (Phi) is 5.46. The fourth-order valence-electron chi connectivity index (χ4n) is 2.35. The third kappa shape index (κ3) is 4.49. The normalized spacial score (nSPS) is 10.2. The van der Waals surface area contributed by atoms with E-state index in [-0.39, 0.29) is 11.6 Å². The Balaban J connectivity index is 1.76. The maximum absolute atomic E-state index is 13.2.